The van der Waals surface area contributed by atoms with E-state index in [9.17, 15) is 0 Å². The zero-order valence-electron chi connectivity index (χ0n) is 12.0. The maximum absolute atomic E-state index is 3.75. The van der Waals surface area contributed by atoms with Crippen molar-refractivity contribution in [3.63, 3.8) is 0 Å². The van der Waals surface area contributed by atoms with Gasteiger partial charge in [0.05, 0.1) is 0 Å². The zero-order chi connectivity index (χ0) is 13.1. The number of piperidine rings is 1. The fraction of sp³-hybridized carbons (Fsp3) is 0.647. The van der Waals surface area contributed by atoms with Gasteiger partial charge in [0.15, 0.2) is 0 Å². The Kier molecular flexibility index (Phi) is 4.19. The molecule has 1 aromatic rings. The van der Waals surface area contributed by atoms with Crippen LogP contribution in [0.15, 0.2) is 30.3 Å². The number of hydrogen-bond acceptors (Lipinski definition) is 2. The summed E-state index contributed by atoms with van der Waals surface area (Å²) < 4.78 is 0. The molecule has 1 N–H and O–H groups in total. The van der Waals surface area contributed by atoms with Crippen LogP contribution in [0.5, 0.6) is 0 Å². The molecule has 0 bridgehead atoms. The smallest absolute Gasteiger partial charge is 0.0143 e. The third-order valence-electron chi connectivity index (χ3n) is 4.82. The molecule has 2 fully saturated rings. The quantitative estimate of drug-likeness (QED) is 0.873. The summed E-state index contributed by atoms with van der Waals surface area (Å²) in [4.78, 5) is 2.45. The molecule has 0 radical (unpaired) electrons. The maximum Gasteiger partial charge on any atom is 0.0143 e. The summed E-state index contributed by atoms with van der Waals surface area (Å²) in [5, 5.41) is 3.75. The van der Waals surface area contributed by atoms with Gasteiger partial charge in [0, 0.05) is 12.0 Å². The van der Waals surface area contributed by atoms with Crippen molar-refractivity contribution in [3.8, 4) is 0 Å². The van der Waals surface area contributed by atoms with Crippen molar-refractivity contribution >= 4 is 0 Å². The third-order valence-corrected chi connectivity index (χ3v) is 4.82. The second-order valence-electron chi connectivity index (χ2n) is 6.35. The summed E-state index contributed by atoms with van der Waals surface area (Å²) in [6, 6.07) is 11.7. The molecular formula is C17H26N2. The van der Waals surface area contributed by atoms with Crippen LogP contribution in [0.2, 0.25) is 0 Å². The molecule has 0 aromatic heterocycles. The summed E-state index contributed by atoms with van der Waals surface area (Å²) in [6.07, 6.45) is 5.49. The molecule has 1 aliphatic carbocycles. The Morgan fingerprint density at radius 3 is 2.63 bits per heavy atom. The van der Waals surface area contributed by atoms with Crippen LogP contribution in [0, 0.1) is 5.92 Å². The van der Waals surface area contributed by atoms with Crippen LogP contribution in [0.1, 0.15) is 37.2 Å². The standard InChI is InChI=1S/C17H26N2/c1-19-11-8-14(9-12-19)7-10-18-17-13-16(17)15-5-3-2-4-6-15/h2-6,14,16-18H,7-13H2,1H3/t16-,17+/m0/s1. The predicted molar refractivity (Wildman–Crippen MR) is 80.4 cm³/mol. The van der Waals surface area contributed by atoms with Gasteiger partial charge in [0.1, 0.15) is 0 Å². The summed E-state index contributed by atoms with van der Waals surface area (Å²) in [7, 11) is 2.24. The third kappa shape index (κ3) is 3.58. The molecule has 1 saturated heterocycles. The average Bonchev–Trinajstić information content (AvgIpc) is 3.22. The van der Waals surface area contributed by atoms with E-state index in [1.807, 2.05) is 0 Å². The molecule has 2 aliphatic rings. The highest BCUT2D eigenvalue weighted by Gasteiger charge is 2.37. The van der Waals surface area contributed by atoms with E-state index < -0.39 is 0 Å². The molecule has 2 nitrogen and oxygen atoms in total. The number of hydrogen-bond donors (Lipinski definition) is 1. The fourth-order valence-electron chi connectivity index (χ4n) is 3.31. The van der Waals surface area contributed by atoms with Gasteiger partial charge in [-0.1, -0.05) is 30.3 Å². The van der Waals surface area contributed by atoms with Crippen LogP contribution in [0.25, 0.3) is 0 Å². The molecule has 1 saturated carbocycles. The Bertz CT molecular complexity index is 382. The van der Waals surface area contributed by atoms with E-state index in [2.05, 4.69) is 47.6 Å². The Morgan fingerprint density at radius 2 is 1.89 bits per heavy atom. The largest absolute Gasteiger partial charge is 0.313 e. The van der Waals surface area contributed by atoms with E-state index in [4.69, 9.17) is 0 Å². The molecule has 2 heteroatoms. The lowest BCUT2D eigenvalue weighted by molar-refractivity contribution is 0.211. The predicted octanol–water partition coefficient (Wildman–Crippen LogP) is 2.86. The SMILES string of the molecule is CN1CCC(CCN[C@@H]2C[C@H]2c2ccccc2)CC1. The van der Waals surface area contributed by atoms with Crippen LogP contribution in [-0.4, -0.2) is 37.6 Å². The first-order valence-electron chi connectivity index (χ1n) is 7.80. The second-order valence-corrected chi connectivity index (χ2v) is 6.35. The Balaban J connectivity index is 1.34. The lowest BCUT2D eigenvalue weighted by Crippen LogP contribution is -2.32. The minimum absolute atomic E-state index is 0.744. The molecule has 19 heavy (non-hydrogen) atoms. The van der Waals surface area contributed by atoms with E-state index in [1.54, 1.807) is 0 Å². The number of likely N-dealkylation sites (tertiary alicyclic amines) is 1. The molecule has 0 amide bonds. The molecule has 0 spiro atoms. The van der Waals surface area contributed by atoms with Crippen molar-refractivity contribution < 1.29 is 0 Å². The van der Waals surface area contributed by atoms with Crippen molar-refractivity contribution in [2.24, 2.45) is 5.92 Å². The van der Waals surface area contributed by atoms with Crippen LogP contribution < -0.4 is 5.32 Å². The van der Waals surface area contributed by atoms with Crippen molar-refractivity contribution in [2.45, 2.75) is 37.6 Å². The fourth-order valence-corrected chi connectivity index (χ4v) is 3.31. The van der Waals surface area contributed by atoms with Gasteiger partial charge in [0.25, 0.3) is 0 Å². The minimum Gasteiger partial charge on any atom is -0.313 e. The van der Waals surface area contributed by atoms with Gasteiger partial charge in [-0.05, 0) is 63.8 Å². The molecular weight excluding hydrogens is 232 g/mol. The first-order chi connectivity index (χ1) is 9.33. The van der Waals surface area contributed by atoms with Gasteiger partial charge in [-0.15, -0.1) is 0 Å². The van der Waals surface area contributed by atoms with Crippen molar-refractivity contribution in [1.82, 2.24) is 10.2 Å². The molecule has 1 aromatic carbocycles. The number of rotatable bonds is 5. The van der Waals surface area contributed by atoms with Gasteiger partial charge in [-0.25, -0.2) is 0 Å². The van der Waals surface area contributed by atoms with Gasteiger partial charge in [-0.3, -0.25) is 0 Å². The van der Waals surface area contributed by atoms with Gasteiger partial charge < -0.3 is 10.2 Å². The molecule has 2 atom stereocenters. The van der Waals surface area contributed by atoms with E-state index in [0.717, 1.165) is 17.9 Å². The summed E-state index contributed by atoms with van der Waals surface area (Å²) >= 11 is 0. The highest BCUT2D eigenvalue weighted by atomic mass is 15.1. The van der Waals surface area contributed by atoms with Crippen molar-refractivity contribution in [3.05, 3.63) is 35.9 Å². The molecule has 0 unspecified atom stereocenters. The Morgan fingerprint density at radius 1 is 1.16 bits per heavy atom. The minimum atomic E-state index is 0.744. The number of nitrogens with zero attached hydrogens (tertiary/aromatic N) is 1. The van der Waals surface area contributed by atoms with Crippen LogP contribution in [0.4, 0.5) is 0 Å². The zero-order valence-corrected chi connectivity index (χ0v) is 12.0. The van der Waals surface area contributed by atoms with E-state index in [0.29, 0.717) is 0 Å². The monoisotopic (exact) mass is 258 g/mol. The highest BCUT2D eigenvalue weighted by molar-refractivity contribution is 5.27. The first kappa shape index (κ1) is 13.1. The van der Waals surface area contributed by atoms with Gasteiger partial charge in [-0.2, -0.15) is 0 Å². The first-order valence-corrected chi connectivity index (χ1v) is 7.80. The topological polar surface area (TPSA) is 15.3 Å². The van der Waals surface area contributed by atoms with E-state index in [-0.39, 0.29) is 0 Å². The molecule has 104 valence electrons. The lowest BCUT2D eigenvalue weighted by atomic mass is 9.94. The molecule has 1 aliphatic heterocycles. The summed E-state index contributed by atoms with van der Waals surface area (Å²) in [6.45, 7) is 3.80. The molecule has 3 rings (SSSR count). The van der Waals surface area contributed by atoms with Crippen LogP contribution in [-0.2, 0) is 0 Å². The molecule has 1 heterocycles. The normalized spacial score (nSPS) is 28.5. The van der Waals surface area contributed by atoms with Crippen LogP contribution >= 0.6 is 0 Å². The van der Waals surface area contributed by atoms with E-state index in [1.165, 1.54) is 50.9 Å². The van der Waals surface area contributed by atoms with Crippen molar-refractivity contribution in [1.29, 1.82) is 0 Å². The summed E-state index contributed by atoms with van der Waals surface area (Å²) in [5.74, 6) is 1.73. The Labute approximate surface area is 117 Å². The number of nitrogens with one attached hydrogen (secondary N) is 1. The van der Waals surface area contributed by atoms with Gasteiger partial charge >= 0.3 is 0 Å². The van der Waals surface area contributed by atoms with Crippen molar-refractivity contribution in [2.75, 3.05) is 26.7 Å². The van der Waals surface area contributed by atoms with E-state index >= 15 is 0 Å². The number of benzene rings is 1. The second kappa shape index (κ2) is 6.06. The van der Waals surface area contributed by atoms with Crippen LogP contribution in [0.3, 0.4) is 0 Å². The Hall–Kier alpha value is -0.860. The lowest BCUT2D eigenvalue weighted by Gasteiger charge is -2.28. The van der Waals surface area contributed by atoms with Gasteiger partial charge in [0.2, 0.25) is 0 Å². The summed E-state index contributed by atoms with van der Waals surface area (Å²) in [5.41, 5.74) is 1.51. The maximum atomic E-state index is 3.75. The highest BCUT2D eigenvalue weighted by Crippen LogP contribution is 2.40. The average molecular weight is 258 g/mol.